The first kappa shape index (κ1) is 14.1. The van der Waals surface area contributed by atoms with Gasteiger partial charge in [-0.25, -0.2) is 4.39 Å². The van der Waals surface area contributed by atoms with E-state index in [0.29, 0.717) is 27.8 Å². The Labute approximate surface area is 134 Å². The number of nitrogen functional groups attached to an aromatic ring is 1. The van der Waals surface area contributed by atoms with Crippen molar-refractivity contribution in [1.29, 1.82) is 0 Å². The summed E-state index contributed by atoms with van der Waals surface area (Å²) in [6, 6.07) is 8.15. The Morgan fingerprint density at radius 2 is 2.05 bits per heavy atom. The number of benzene rings is 2. The molecule has 0 spiro atoms. The summed E-state index contributed by atoms with van der Waals surface area (Å²) >= 11 is 1.88. The molecule has 1 aliphatic heterocycles. The van der Waals surface area contributed by atoms with Crippen molar-refractivity contribution in [1.82, 2.24) is 0 Å². The van der Waals surface area contributed by atoms with Crippen molar-refractivity contribution < 1.29 is 13.9 Å². The summed E-state index contributed by atoms with van der Waals surface area (Å²) in [7, 11) is 0. The zero-order valence-electron chi connectivity index (χ0n) is 11.0. The number of nitrogens with two attached hydrogens (primary N) is 1. The van der Waals surface area contributed by atoms with E-state index < -0.39 is 0 Å². The van der Waals surface area contributed by atoms with Gasteiger partial charge in [0.05, 0.1) is 9.26 Å². The molecule has 0 radical (unpaired) electrons. The maximum Gasteiger partial charge on any atom is 0.224 e. The van der Waals surface area contributed by atoms with E-state index in [4.69, 9.17) is 10.5 Å². The molecule has 0 bridgehead atoms. The summed E-state index contributed by atoms with van der Waals surface area (Å²) in [4.78, 5) is 11.3. The van der Waals surface area contributed by atoms with Crippen LogP contribution in [-0.2, 0) is 11.2 Å². The first-order valence-electron chi connectivity index (χ1n) is 6.38. The fourth-order valence-corrected chi connectivity index (χ4v) is 2.67. The van der Waals surface area contributed by atoms with Gasteiger partial charge in [0.25, 0.3) is 0 Å². The molecule has 1 aliphatic rings. The van der Waals surface area contributed by atoms with Crippen LogP contribution < -0.4 is 15.8 Å². The molecule has 0 saturated carbocycles. The summed E-state index contributed by atoms with van der Waals surface area (Å²) in [6.07, 6.45) is 1.12. The Kier molecular flexibility index (Phi) is 3.71. The third kappa shape index (κ3) is 2.94. The maximum atomic E-state index is 13.6. The Morgan fingerprint density at radius 1 is 1.24 bits per heavy atom. The number of halogens is 2. The van der Waals surface area contributed by atoms with Gasteiger partial charge < -0.3 is 15.8 Å². The molecule has 21 heavy (non-hydrogen) atoms. The lowest BCUT2D eigenvalue weighted by Crippen LogP contribution is -2.18. The molecule has 0 aliphatic carbocycles. The lowest BCUT2D eigenvalue weighted by molar-refractivity contribution is -0.116. The Morgan fingerprint density at radius 3 is 2.86 bits per heavy atom. The summed E-state index contributed by atoms with van der Waals surface area (Å²) in [6.45, 7) is 0. The zero-order valence-corrected chi connectivity index (χ0v) is 13.1. The van der Waals surface area contributed by atoms with E-state index in [1.165, 1.54) is 12.1 Å². The third-order valence-electron chi connectivity index (χ3n) is 3.25. The van der Waals surface area contributed by atoms with Crippen LogP contribution in [0.25, 0.3) is 0 Å². The van der Waals surface area contributed by atoms with Gasteiger partial charge in [0, 0.05) is 18.2 Å². The molecular formula is C15H12FIN2O2. The van der Waals surface area contributed by atoms with Gasteiger partial charge >= 0.3 is 0 Å². The van der Waals surface area contributed by atoms with E-state index in [0.717, 1.165) is 11.3 Å². The van der Waals surface area contributed by atoms with Crippen molar-refractivity contribution in [3.63, 3.8) is 0 Å². The third-order valence-corrected chi connectivity index (χ3v) is 4.08. The topological polar surface area (TPSA) is 64.3 Å². The first-order chi connectivity index (χ1) is 10.0. The van der Waals surface area contributed by atoms with Crippen LogP contribution in [0.1, 0.15) is 12.0 Å². The molecule has 0 unspecified atom stereocenters. The number of ether oxygens (including phenoxy) is 1. The Bertz CT molecular complexity index is 734. The second kappa shape index (κ2) is 5.51. The number of nitrogens with one attached hydrogen (secondary N) is 1. The number of hydrogen-bond donors (Lipinski definition) is 2. The predicted molar refractivity (Wildman–Crippen MR) is 87.0 cm³/mol. The number of fused-ring (bicyclic) bond motifs is 1. The summed E-state index contributed by atoms with van der Waals surface area (Å²) < 4.78 is 19.7. The van der Waals surface area contributed by atoms with Gasteiger partial charge in [0.1, 0.15) is 11.6 Å². The van der Waals surface area contributed by atoms with Crippen molar-refractivity contribution in [3.8, 4) is 11.5 Å². The number of rotatable bonds is 2. The van der Waals surface area contributed by atoms with E-state index in [1.807, 2.05) is 28.7 Å². The average molecular weight is 398 g/mol. The van der Waals surface area contributed by atoms with E-state index in [2.05, 4.69) is 5.32 Å². The van der Waals surface area contributed by atoms with Crippen molar-refractivity contribution in [2.75, 3.05) is 11.1 Å². The standard InChI is InChI=1S/C15H12FIN2O2/c16-10-6-14(12(18)7-11(10)17)21-9-2-3-13-8(5-9)1-4-15(20)19-13/h2-3,5-7H,1,4,18H2,(H,19,20). The highest BCUT2D eigenvalue weighted by Crippen LogP contribution is 2.33. The molecule has 1 amide bonds. The minimum absolute atomic E-state index is 0.0140. The highest BCUT2D eigenvalue weighted by atomic mass is 127. The quantitative estimate of drug-likeness (QED) is 0.599. The molecule has 4 nitrogen and oxygen atoms in total. The molecule has 2 aromatic carbocycles. The second-order valence-electron chi connectivity index (χ2n) is 4.77. The van der Waals surface area contributed by atoms with Gasteiger partial charge in [-0.15, -0.1) is 0 Å². The van der Waals surface area contributed by atoms with Crippen LogP contribution in [0.2, 0.25) is 0 Å². The molecule has 3 N–H and O–H groups in total. The average Bonchev–Trinajstić information content (AvgIpc) is 2.45. The number of carbonyl (C=O) groups is 1. The molecule has 0 aromatic heterocycles. The van der Waals surface area contributed by atoms with Crippen molar-refractivity contribution >= 4 is 39.9 Å². The lowest BCUT2D eigenvalue weighted by Gasteiger charge is -2.18. The number of aryl methyl sites for hydroxylation is 1. The van der Waals surface area contributed by atoms with Gasteiger partial charge in [0.2, 0.25) is 5.91 Å². The molecular weight excluding hydrogens is 386 g/mol. The smallest absolute Gasteiger partial charge is 0.224 e. The second-order valence-corrected chi connectivity index (χ2v) is 5.94. The Balaban J connectivity index is 1.89. The molecule has 2 aromatic rings. The van der Waals surface area contributed by atoms with Crippen LogP contribution in [0.15, 0.2) is 30.3 Å². The Hall–Kier alpha value is -1.83. The van der Waals surface area contributed by atoms with Crippen LogP contribution in [0.4, 0.5) is 15.8 Å². The van der Waals surface area contributed by atoms with Gasteiger partial charge in [-0.1, -0.05) is 0 Å². The van der Waals surface area contributed by atoms with Crippen LogP contribution in [-0.4, -0.2) is 5.91 Å². The lowest BCUT2D eigenvalue weighted by atomic mass is 10.0. The molecule has 3 rings (SSSR count). The van der Waals surface area contributed by atoms with Gasteiger partial charge in [-0.3, -0.25) is 4.79 Å². The highest BCUT2D eigenvalue weighted by molar-refractivity contribution is 14.1. The minimum atomic E-state index is -0.370. The minimum Gasteiger partial charge on any atom is -0.455 e. The monoisotopic (exact) mass is 398 g/mol. The van der Waals surface area contributed by atoms with Crippen LogP contribution in [0, 0.1) is 9.39 Å². The van der Waals surface area contributed by atoms with Gasteiger partial charge in [-0.05, 0) is 58.8 Å². The van der Waals surface area contributed by atoms with E-state index >= 15 is 0 Å². The SMILES string of the molecule is Nc1cc(I)c(F)cc1Oc1ccc2c(c1)CCC(=O)N2. The highest BCUT2D eigenvalue weighted by Gasteiger charge is 2.16. The van der Waals surface area contributed by atoms with Crippen LogP contribution in [0.3, 0.4) is 0 Å². The molecule has 0 fully saturated rings. The zero-order chi connectivity index (χ0) is 15.0. The first-order valence-corrected chi connectivity index (χ1v) is 7.46. The van der Waals surface area contributed by atoms with Crippen LogP contribution in [0.5, 0.6) is 11.5 Å². The van der Waals surface area contributed by atoms with Crippen molar-refractivity contribution in [2.45, 2.75) is 12.8 Å². The van der Waals surface area contributed by atoms with Crippen molar-refractivity contribution in [2.24, 2.45) is 0 Å². The van der Waals surface area contributed by atoms with Gasteiger partial charge in [-0.2, -0.15) is 0 Å². The molecule has 0 atom stereocenters. The van der Waals surface area contributed by atoms with Crippen molar-refractivity contribution in [3.05, 3.63) is 45.3 Å². The summed E-state index contributed by atoms with van der Waals surface area (Å²) in [5.41, 5.74) is 8.01. The number of carbonyl (C=O) groups excluding carboxylic acids is 1. The fraction of sp³-hybridized carbons (Fsp3) is 0.133. The number of hydrogen-bond acceptors (Lipinski definition) is 3. The van der Waals surface area contributed by atoms with E-state index in [9.17, 15) is 9.18 Å². The maximum absolute atomic E-state index is 13.6. The number of anilines is 2. The molecule has 108 valence electrons. The summed E-state index contributed by atoms with van der Waals surface area (Å²) in [5, 5.41) is 2.80. The largest absolute Gasteiger partial charge is 0.455 e. The molecule has 1 heterocycles. The predicted octanol–water partition coefficient (Wildman–Crippen LogP) is 3.69. The molecule has 0 saturated heterocycles. The van der Waals surface area contributed by atoms with Crippen LogP contribution >= 0.6 is 22.6 Å². The van der Waals surface area contributed by atoms with E-state index in [1.54, 1.807) is 12.1 Å². The number of amides is 1. The summed E-state index contributed by atoms with van der Waals surface area (Å²) in [5.74, 6) is 0.495. The molecule has 6 heteroatoms. The van der Waals surface area contributed by atoms with E-state index in [-0.39, 0.29) is 17.5 Å². The van der Waals surface area contributed by atoms with Gasteiger partial charge in [0.15, 0.2) is 5.75 Å². The fourth-order valence-electron chi connectivity index (χ4n) is 2.18. The normalized spacial score (nSPS) is 13.5.